The molecular weight excluding hydrogens is 342 g/mol. The van der Waals surface area contributed by atoms with E-state index in [1.54, 1.807) is 0 Å². The SMILES string of the molecule is Cc1cccc(C(=O)C(C[C@H](C)N(C)C)(c2ccccc2)c2ccccc2)c1. The largest absolute Gasteiger partial charge is 0.307 e. The third-order valence-corrected chi connectivity index (χ3v) is 5.68. The van der Waals surface area contributed by atoms with E-state index >= 15 is 0 Å². The van der Waals surface area contributed by atoms with E-state index in [9.17, 15) is 4.79 Å². The van der Waals surface area contributed by atoms with E-state index < -0.39 is 5.41 Å². The molecule has 2 nitrogen and oxygen atoms in total. The van der Waals surface area contributed by atoms with Crippen LogP contribution < -0.4 is 0 Å². The summed E-state index contributed by atoms with van der Waals surface area (Å²) in [5, 5.41) is 0. The first-order chi connectivity index (χ1) is 13.4. The van der Waals surface area contributed by atoms with Crippen LogP contribution in [-0.4, -0.2) is 30.8 Å². The highest BCUT2D eigenvalue weighted by Gasteiger charge is 2.43. The Labute approximate surface area is 168 Å². The molecular formula is C26H29NO. The summed E-state index contributed by atoms with van der Waals surface area (Å²) in [5.74, 6) is 0.155. The monoisotopic (exact) mass is 371 g/mol. The van der Waals surface area contributed by atoms with Gasteiger partial charge in [0.15, 0.2) is 5.78 Å². The number of aryl methyl sites for hydroxylation is 1. The Hall–Kier alpha value is -2.71. The lowest BCUT2D eigenvalue weighted by atomic mass is 9.66. The standard InChI is InChI=1S/C26H29NO/c1-20-12-11-13-22(18-20)25(28)26(19-21(2)27(3)4,23-14-7-5-8-15-23)24-16-9-6-10-17-24/h5-18,21H,19H2,1-4H3/t21-/m0/s1. The normalized spacial score (nSPS) is 12.8. The molecule has 0 unspecified atom stereocenters. The number of benzene rings is 3. The summed E-state index contributed by atoms with van der Waals surface area (Å²) >= 11 is 0. The molecule has 0 N–H and O–H groups in total. The molecule has 0 aliphatic carbocycles. The fourth-order valence-corrected chi connectivity index (χ4v) is 3.86. The van der Waals surface area contributed by atoms with E-state index in [0.717, 1.165) is 22.3 Å². The van der Waals surface area contributed by atoms with E-state index in [2.05, 4.69) is 50.2 Å². The second kappa shape index (κ2) is 8.53. The number of hydrogen-bond acceptors (Lipinski definition) is 2. The summed E-state index contributed by atoms with van der Waals surface area (Å²) in [5.41, 5.74) is 3.21. The zero-order valence-electron chi connectivity index (χ0n) is 17.2. The summed E-state index contributed by atoms with van der Waals surface area (Å²) in [6.07, 6.45) is 0.709. The average Bonchev–Trinajstić information content (AvgIpc) is 2.72. The molecule has 3 rings (SSSR count). The van der Waals surface area contributed by atoms with Crippen LogP contribution in [0, 0.1) is 6.92 Å². The molecule has 0 heterocycles. The van der Waals surface area contributed by atoms with Gasteiger partial charge in [-0.15, -0.1) is 0 Å². The maximum atomic E-state index is 14.2. The minimum Gasteiger partial charge on any atom is -0.307 e. The van der Waals surface area contributed by atoms with Crippen molar-refractivity contribution < 1.29 is 4.79 Å². The Morgan fingerprint density at radius 3 is 1.86 bits per heavy atom. The number of nitrogens with zero attached hydrogens (tertiary/aromatic N) is 1. The van der Waals surface area contributed by atoms with Gasteiger partial charge in [-0.05, 0) is 51.6 Å². The van der Waals surface area contributed by atoms with Crippen LogP contribution in [0.4, 0.5) is 0 Å². The van der Waals surface area contributed by atoms with Gasteiger partial charge in [-0.3, -0.25) is 4.79 Å². The Balaban J connectivity index is 2.28. The predicted octanol–water partition coefficient (Wildman–Crippen LogP) is 5.50. The molecule has 0 amide bonds. The van der Waals surface area contributed by atoms with Crippen LogP contribution in [0.5, 0.6) is 0 Å². The third-order valence-electron chi connectivity index (χ3n) is 5.68. The highest BCUT2D eigenvalue weighted by Crippen LogP contribution is 2.40. The summed E-state index contributed by atoms with van der Waals surface area (Å²) in [4.78, 5) is 16.3. The number of carbonyl (C=O) groups is 1. The van der Waals surface area contributed by atoms with Crippen LogP contribution in [0.2, 0.25) is 0 Å². The minimum absolute atomic E-state index is 0.155. The molecule has 0 spiro atoms. The lowest BCUT2D eigenvalue weighted by Gasteiger charge is -2.38. The summed E-state index contributed by atoms with van der Waals surface area (Å²) in [6, 6.07) is 28.6. The molecule has 0 bridgehead atoms. The van der Waals surface area contributed by atoms with Crippen LogP contribution in [0.3, 0.4) is 0 Å². The van der Waals surface area contributed by atoms with Crippen molar-refractivity contribution in [3.8, 4) is 0 Å². The molecule has 0 saturated carbocycles. The van der Waals surface area contributed by atoms with E-state index in [4.69, 9.17) is 0 Å². The molecule has 0 saturated heterocycles. The van der Waals surface area contributed by atoms with Crippen molar-refractivity contribution in [3.05, 3.63) is 107 Å². The van der Waals surface area contributed by atoms with Gasteiger partial charge in [0.2, 0.25) is 0 Å². The molecule has 3 aromatic rings. The highest BCUT2D eigenvalue weighted by atomic mass is 16.1. The van der Waals surface area contributed by atoms with Gasteiger partial charge < -0.3 is 4.90 Å². The smallest absolute Gasteiger partial charge is 0.177 e. The summed E-state index contributed by atoms with van der Waals surface area (Å²) in [6.45, 7) is 4.22. The van der Waals surface area contributed by atoms with Gasteiger partial charge in [0, 0.05) is 11.6 Å². The Kier molecular flexibility index (Phi) is 6.11. The zero-order chi connectivity index (χ0) is 20.1. The minimum atomic E-state index is -0.736. The molecule has 28 heavy (non-hydrogen) atoms. The van der Waals surface area contributed by atoms with Crippen LogP contribution in [-0.2, 0) is 5.41 Å². The molecule has 0 radical (unpaired) electrons. The zero-order valence-corrected chi connectivity index (χ0v) is 17.2. The van der Waals surface area contributed by atoms with Crippen molar-refractivity contribution >= 4 is 5.78 Å². The maximum absolute atomic E-state index is 14.2. The molecule has 1 atom stereocenters. The lowest BCUT2D eigenvalue weighted by Crippen LogP contribution is -2.43. The Morgan fingerprint density at radius 1 is 0.857 bits per heavy atom. The van der Waals surface area contributed by atoms with Gasteiger partial charge in [-0.1, -0.05) is 84.4 Å². The second-order valence-electron chi connectivity index (χ2n) is 7.85. The molecule has 2 heteroatoms. The van der Waals surface area contributed by atoms with Crippen molar-refractivity contribution in [2.45, 2.75) is 31.7 Å². The third kappa shape index (κ3) is 3.93. The van der Waals surface area contributed by atoms with E-state index in [1.165, 1.54) is 0 Å². The number of hydrogen-bond donors (Lipinski definition) is 0. The van der Waals surface area contributed by atoms with Gasteiger partial charge in [-0.25, -0.2) is 0 Å². The fraction of sp³-hybridized carbons (Fsp3) is 0.269. The average molecular weight is 372 g/mol. The summed E-state index contributed by atoms with van der Waals surface area (Å²) < 4.78 is 0. The number of rotatable bonds is 7. The van der Waals surface area contributed by atoms with Gasteiger partial charge in [-0.2, -0.15) is 0 Å². The van der Waals surface area contributed by atoms with E-state index in [-0.39, 0.29) is 11.8 Å². The van der Waals surface area contributed by atoms with E-state index in [1.807, 2.05) is 67.6 Å². The topological polar surface area (TPSA) is 20.3 Å². The van der Waals surface area contributed by atoms with Gasteiger partial charge in [0.1, 0.15) is 0 Å². The first-order valence-corrected chi connectivity index (χ1v) is 9.84. The number of Topliss-reactive ketones (excluding diaryl/α,β-unsaturated/α-hetero) is 1. The molecule has 3 aromatic carbocycles. The second-order valence-corrected chi connectivity index (χ2v) is 7.85. The fourth-order valence-electron chi connectivity index (χ4n) is 3.86. The van der Waals surface area contributed by atoms with Crippen molar-refractivity contribution in [1.82, 2.24) is 4.90 Å². The quantitative estimate of drug-likeness (QED) is 0.511. The first-order valence-electron chi connectivity index (χ1n) is 9.84. The Bertz CT molecular complexity index is 876. The Morgan fingerprint density at radius 2 is 1.39 bits per heavy atom. The maximum Gasteiger partial charge on any atom is 0.177 e. The molecule has 0 aromatic heterocycles. The number of carbonyl (C=O) groups excluding carboxylic acids is 1. The van der Waals surface area contributed by atoms with Crippen molar-refractivity contribution in [1.29, 1.82) is 0 Å². The van der Waals surface area contributed by atoms with Crippen LogP contribution in [0.1, 0.15) is 40.4 Å². The van der Waals surface area contributed by atoms with Crippen LogP contribution in [0.25, 0.3) is 0 Å². The van der Waals surface area contributed by atoms with Crippen LogP contribution in [0.15, 0.2) is 84.9 Å². The number of ketones is 1. The van der Waals surface area contributed by atoms with Crippen molar-refractivity contribution in [2.75, 3.05) is 14.1 Å². The summed E-state index contributed by atoms with van der Waals surface area (Å²) in [7, 11) is 4.14. The van der Waals surface area contributed by atoms with Gasteiger partial charge >= 0.3 is 0 Å². The molecule has 0 aliphatic heterocycles. The lowest BCUT2D eigenvalue weighted by molar-refractivity contribution is 0.0882. The van der Waals surface area contributed by atoms with Gasteiger partial charge in [0.05, 0.1) is 5.41 Å². The van der Waals surface area contributed by atoms with Crippen molar-refractivity contribution in [2.24, 2.45) is 0 Å². The molecule has 0 fully saturated rings. The van der Waals surface area contributed by atoms with E-state index in [0.29, 0.717) is 6.42 Å². The predicted molar refractivity (Wildman–Crippen MR) is 117 cm³/mol. The molecule has 144 valence electrons. The highest BCUT2D eigenvalue weighted by molar-refractivity contribution is 6.06. The van der Waals surface area contributed by atoms with Crippen molar-refractivity contribution in [3.63, 3.8) is 0 Å². The van der Waals surface area contributed by atoms with Gasteiger partial charge in [0.25, 0.3) is 0 Å². The van der Waals surface area contributed by atoms with Crippen LogP contribution >= 0.6 is 0 Å². The molecule has 0 aliphatic rings. The first kappa shape index (κ1) is 20.0.